The van der Waals surface area contributed by atoms with Crippen LogP contribution in [0.15, 0.2) is 40.9 Å². The summed E-state index contributed by atoms with van der Waals surface area (Å²) >= 11 is 3.18. The van der Waals surface area contributed by atoms with Crippen LogP contribution in [0.1, 0.15) is 19.3 Å². The van der Waals surface area contributed by atoms with Crippen molar-refractivity contribution in [1.82, 2.24) is 14.8 Å². The molecular formula is C21H22N4O4S2. The molecule has 2 aromatic heterocycles. The van der Waals surface area contributed by atoms with Crippen LogP contribution in [-0.2, 0) is 16.1 Å². The zero-order chi connectivity index (χ0) is 21.0. The number of hydrogen-bond donors (Lipinski definition) is 1. The molecule has 0 spiro atoms. The number of carbonyl (C=O) groups is 1. The van der Waals surface area contributed by atoms with Crippen molar-refractivity contribution in [3.8, 4) is 22.2 Å². The number of amides is 1. The molecule has 0 saturated carbocycles. The Labute approximate surface area is 187 Å². The van der Waals surface area contributed by atoms with E-state index in [1.807, 2.05) is 23.6 Å². The molecule has 0 aliphatic carbocycles. The Hall–Kier alpha value is -2.56. The summed E-state index contributed by atoms with van der Waals surface area (Å²) in [7, 11) is 0. The number of aromatic nitrogens is 3. The molecule has 2 aliphatic heterocycles. The largest absolute Gasteiger partial charge is 0.454 e. The summed E-state index contributed by atoms with van der Waals surface area (Å²) in [6, 6.07) is 9.45. The average Bonchev–Trinajstić information content (AvgIpc) is 3.56. The number of benzene rings is 1. The van der Waals surface area contributed by atoms with E-state index in [0.717, 1.165) is 41.9 Å². The van der Waals surface area contributed by atoms with E-state index >= 15 is 0 Å². The first-order valence-corrected chi connectivity index (χ1v) is 12.0. The Kier molecular flexibility index (Phi) is 6.10. The molecule has 1 atom stereocenters. The molecule has 10 heteroatoms. The van der Waals surface area contributed by atoms with Crippen molar-refractivity contribution in [1.29, 1.82) is 0 Å². The Balaban J connectivity index is 1.21. The van der Waals surface area contributed by atoms with E-state index in [1.54, 1.807) is 35.2 Å². The van der Waals surface area contributed by atoms with Crippen LogP contribution >= 0.6 is 23.1 Å². The topological polar surface area (TPSA) is 87.5 Å². The van der Waals surface area contributed by atoms with Gasteiger partial charge in [-0.2, -0.15) is 0 Å². The SMILES string of the molecule is O=C(CCSc1nnc(-c2cccs2)n1CC1CCCO1)Nc1ccc2c(c1)OCO2. The smallest absolute Gasteiger partial charge is 0.231 e. The van der Waals surface area contributed by atoms with Gasteiger partial charge in [0.15, 0.2) is 22.5 Å². The highest BCUT2D eigenvalue weighted by Crippen LogP contribution is 2.34. The molecule has 1 amide bonds. The molecule has 4 heterocycles. The van der Waals surface area contributed by atoms with Gasteiger partial charge in [0.1, 0.15) is 0 Å². The molecule has 1 aromatic carbocycles. The highest BCUT2D eigenvalue weighted by molar-refractivity contribution is 7.99. The summed E-state index contributed by atoms with van der Waals surface area (Å²) in [6.07, 6.45) is 2.68. The summed E-state index contributed by atoms with van der Waals surface area (Å²) in [5.41, 5.74) is 0.695. The number of rotatable bonds is 8. The minimum atomic E-state index is -0.0602. The predicted octanol–water partition coefficient (Wildman–Crippen LogP) is 4.04. The van der Waals surface area contributed by atoms with Crippen molar-refractivity contribution in [2.75, 3.05) is 24.5 Å². The third-order valence-corrected chi connectivity index (χ3v) is 6.92. The molecule has 8 nitrogen and oxygen atoms in total. The second-order valence-electron chi connectivity index (χ2n) is 7.24. The first-order chi connectivity index (χ1) is 15.3. The highest BCUT2D eigenvalue weighted by atomic mass is 32.2. The van der Waals surface area contributed by atoms with Crippen molar-refractivity contribution in [2.24, 2.45) is 0 Å². The molecule has 5 rings (SSSR count). The summed E-state index contributed by atoms with van der Waals surface area (Å²) in [5, 5.41) is 14.6. The fourth-order valence-corrected chi connectivity index (χ4v) is 5.18. The van der Waals surface area contributed by atoms with Gasteiger partial charge in [-0.1, -0.05) is 17.8 Å². The lowest BCUT2D eigenvalue weighted by atomic mass is 10.2. The zero-order valence-electron chi connectivity index (χ0n) is 16.8. The number of nitrogens with zero attached hydrogens (tertiary/aromatic N) is 3. The van der Waals surface area contributed by atoms with Crippen molar-refractivity contribution in [3.63, 3.8) is 0 Å². The quantitative estimate of drug-likeness (QED) is 0.510. The van der Waals surface area contributed by atoms with Crippen LogP contribution in [0, 0.1) is 0 Å². The fraction of sp³-hybridized carbons (Fsp3) is 0.381. The normalized spacial score (nSPS) is 17.2. The van der Waals surface area contributed by atoms with Gasteiger partial charge in [-0.3, -0.25) is 9.36 Å². The molecule has 31 heavy (non-hydrogen) atoms. The van der Waals surface area contributed by atoms with E-state index in [4.69, 9.17) is 14.2 Å². The first kappa shape index (κ1) is 20.3. The van der Waals surface area contributed by atoms with E-state index in [0.29, 0.717) is 29.4 Å². The minimum Gasteiger partial charge on any atom is -0.454 e. The van der Waals surface area contributed by atoms with Gasteiger partial charge < -0.3 is 19.5 Å². The fourth-order valence-electron chi connectivity index (χ4n) is 3.57. The van der Waals surface area contributed by atoms with Crippen molar-refractivity contribution < 1.29 is 19.0 Å². The Morgan fingerprint density at radius 1 is 1.26 bits per heavy atom. The van der Waals surface area contributed by atoms with Crippen molar-refractivity contribution in [2.45, 2.75) is 37.1 Å². The summed E-state index contributed by atoms with van der Waals surface area (Å²) < 4.78 is 18.6. The Morgan fingerprint density at radius 3 is 3.03 bits per heavy atom. The summed E-state index contributed by atoms with van der Waals surface area (Å²) in [4.78, 5) is 13.5. The van der Waals surface area contributed by atoms with Gasteiger partial charge in [0.05, 0.1) is 17.5 Å². The van der Waals surface area contributed by atoms with Gasteiger partial charge in [-0.15, -0.1) is 21.5 Å². The maximum atomic E-state index is 12.4. The summed E-state index contributed by atoms with van der Waals surface area (Å²) in [6.45, 7) is 1.75. The molecule has 1 fully saturated rings. The lowest BCUT2D eigenvalue weighted by Crippen LogP contribution is -2.17. The van der Waals surface area contributed by atoms with Crippen molar-refractivity contribution in [3.05, 3.63) is 35.7 Å². The lowest BCUT2D eigenvalue weighted by Gasteiger charge is -2.14. The molecular weight excluding hydrogens is 436 g/mol. The third-order valence-electron chi connectivity index (χ3n) is 5.09. The first-order valence-electron chi connectivity index (χ1n) is 10.2. The average molecular weight is 459 g/mol. The minimum absolute atomic E-state index is 0.0602. The zero-order valence-corrected chi connectivity index (χ0v) is 18.4. The van der Waals surface area contributed by atoms with E-state index in [9.17, 15) is 4.79 Å². The molecule has 2 aliphatic rings. The van der Waals surface area contributed by atoms with Gasteiger partial charge in [-0.05, 0) is 36.4 Å². The predicted molar refractivity (Wildman–Crippen MR) is 119 cm³/mol. The molecule has 0 bridgehead atoms. The number of fused-ring (bicyclic) bond motifs is 1. The van der Waals surface area contributed by atoms with Gasteiger partial charge >= 0.3 is 0 Å². The number of thiophene rings is 1. The molecule has 1 unspecified atom stereocenters. The van der Waals surface area contributed by atoms with Gasteiger partial charge in [0, 0.05) is 30.5 Å². The molecule has 1 N–H and O–H groups in total. The molecule has 0 radical (unpaired) electrons. The van der Waals surface area contributed by atoms with Crippen LogP contribution in [0.4, 0.5) is 5.69 Å². The van der Waals surface area contributed by atoms with Crippen LogP contribution in [-0.4, -0.2) is 45.9 Å². The van der Waals surface area contributed by atoms with Gasteiger partial charge in [0.2, 0.25) is 12.7 Å². The van der Waals surface area contributed by atoms with Crippen LogP contribution in [0.2, 0.25) is 0 Å². The lowest BCUT2D eigenvalue weighted by molar-refractivity contribution is -0.115. The third kappa shape index (κ3) is 4.70. The van der Waals surface area contributed by atoms with Crippen molar-refractivity contribution >= 4 is 34.7 Å². The van der Waals surface area contributed by atoms with Crippen LogP contribution < -0.4 is 14.8 Å². The second kappa shape index (κ2) is 9.29. The number of hydrogen-bond acceptors (Lipinski definition) is 8. The Bertz CT molecular complexity index is 1050. The molecule has 1 saturated heterocycles. The van der Waals surface area contributed by atoms with Gasteiger partial charge in [-0.25, -0.2) is 0 Å². The standard InChI is InChI=1S/C21H22N4O4S2/c26-19(22-14-5-6-16-17(11-14)29-13-28-16)7-10-31-21-24-23-20(18-4-2-9-30-18)25(21)12-15-3-1-8-27-15/h2,4-6,9,11,15H,1,3,7-8,10,12-13H2,(H,22,26). The number of ether oxygens (including phenoxy) is 3. The number of carbonyl (C=O) groups excluding carboxylic acids is 1. The van der Waals surface area contributed by atoms with E-state index in [-0.39, 0.29) is 18.8 Å². The van der Waals surface area contributed by atoms with Crippen LogP contribution in [0.5, 0.6) is 11.5 Å². The Morgan fingerprint density at radius 2 is 2.19 bits per heavy atom. The van der Waals surface area contributed by atoms with E-state index in [2.05, 4.69) is 20.1 Å². The summed E-state index contributed by atoms with van der Waals surface area (Å²) in [5.74, 6) is 2.74. The van der Waals surface area contributed by atoms with E-state index < -0.39 is 0 Å². The van der Waals surface area contributed by atoms with Gasteiger partial charge in [0.25, 0.3) is 0 Å². The highest BCUT2D eigenvalue weighted by Gasteiger charge is 2.22. The number of thioether (sulfide) groups is 1. The number of anilines is 1. The second-order valence-corrected chi connectivity index (χ2v) is 9.25. The van der Waals surface area contributed by atoms with Crippen LogP contribution in [0.25, 0.3) is 10.7 Å². The maximum Gasteiger partial charge on any atom is 0.231 e. The van der Waals surface area contributed by atoms with E-state index in [1.165, 1.54) is 0 Å². The monoisotopic (exact) mass is 458 g/mol. The van der Waals surface area contributed by atoms with Crippen LogP contribution in [0.3, 0.4) is 0 Å². The number of nitrogens with one attached hydrogen (secondary N) is 1. The maximum absolute atomic E-state index is 12.4. The molecule has 162 valence electrons. The molecule has 3 aromatic rings.